The third-order valence-electron chi connectivity index (χ3n) is 4.17. The number of hydrogen-bond donors (Lipinski definition) is 1. The van der Waals surface area contributed by atoms with Gasteiger partial charge in [0, 0.05) is 13.1 Å². The molecule has 1 aliphatic carbocycles. The summed E-state index contributed by atoms with van der Waals surface area (Å²) in [7, 11) is 0. The van der Waals surface area contributed by atoms with Crippen LogP contribution >= 0.6 is 0 Å². The number of carbonyl (C=O) groups is 1. The van der Waals surface area contributed by atoms with Gasteiger partial charge in [-0.15, -0.1) is 0 Å². The van der Waals surface area contributed by atoms with Gasteiger partial charge in [0.1, 0.15) is 0 Å². The Morgan fingerprint density at radius 2 is 2.00 bits per heavy atom. The van der Waals surface area contributed by atoms with E-state index in [-0.39, 0.29) is 17.9 Å². The Kier molecular flexibility index (Phi) is 2.75. The zero-order valence-corrected chi connectivity index (χ0v) is 9.83. The second kappa shape index (κ2) is 3.78. The van der Waals surface area contributed by atoms with Crippen molar-refractivity contribution in [3.05, 3.63) is 0 Å². The number of hydrogen-bond acceptors (Lipinski definition) is 2. The molecule has 0 aromatic carbocycles. The van der Waals surface area contributed by atoms with Crippen LogP contribution in [0.5, 0.6) is 0 Å². The van der Waals surface area contributed by atoms with E-state index < -0.39 is 0 Å². The van der Waals surface area contributed by atoms with Crippen LogP contribution in [-0.2, 0) is 4.79 Å². The first-order valence-corrected chi connectivity index (χ1v) is 6.08. The van der Waals surface area contributed by atoms with Gasteiger partial charge in [0.2, 0.25) is 5.91 Å². The van der Waals surface area contributed by atoms with Crippen molar-refractivity contribution in [3.8, 4) is 0 Å². The fourth-order valence-corrected chi connectivity index (χ4v) is 2.70. The predicted octanol–water partition coefficient (Wildman–Crippen LogP) is 1.37. The minimum atomic E-state index is -0.305. The molecule has 2 rings (SSSR count). The molecule has 1 atom stereocenters. The molecule has 1 amide bonds. The first kappa shape index (κ1) is 10.9. The first-order valence-electron chi connectivity index (χ1n) is 6.08. The smallest absolute Gasteiger partial charge is 0.239 e. The minimum Gasteiger partial charge on any atom is -0.341 e. The maximum Gasteiger partial charge on any atom is 0.239 e. The molecular formula is C12H22N2O. The fraction of sp³-hybridized carbons (Fsp3) is 0.917. The van der Waals surface area contributed by atoms with Crippen molar-refractivity contribution in [1.29, 1.82) is 0 Å². The molecule has 0 radical (unpaired) electrons. The number of likely N-dealkylation sites (tertiary alicyclic amines) is 1. The minimum absolute atomic E-state index is 0.161. The average Bonchev–Trinajstić information content (AvgIpc) is 2.59. The summed E-state index contributed by atoms with van der Waals surface area (Å²) in [4.78, 5) is 14.0. The van der Waals surface area contributed by atoms with Crippen LogP contribution in [0.25, 0.3) is 0 Å². The van der Waals surface area contributed by atoms with Crippen LogP contribution in [0.4, 0.5) is 0 Å². The highest BCUT2D eigenvalue weighted by Crippen LogP contribution is 2.48. The Labute approximate surface area is 92.0 Å². The lowest BCUT2D eigenvalue weighted by atomic mass is 9.68. The highest BCUT2D eigenvalue weighted by atomic mass is 16.2. The molecule has 1 aliphatic heterocycles. The highest BCUT2D eigenvalue weighted by molar-refractivity contribution is 5.82. The summed E-state index contributed by atoms with van der Waals surface area (Å²) in [6.45, 7) is 5.92. The lowest BCUT2D eigenvalue weighted by molar-refractivity contribution is -0.133. The quantitative estimate of drug-likeness (QED) is 0.748. The van der Waals surface area contributed by atoms with E-state index in [2.05, 4.69) is 0 Å². The molecule has 2 N–H and O–H groups in total. The Morgan fingerprint density at radius 3 is 2.40 bits per heavy atom. The Hall–Kier alpha value is -0.570. The van der Waals surface area contributed by atoms with E-state index in [1.807, 2.05) is 18.7 Å². The molecule has 1 saturated heterocycles. The van der Waals surface area contributed by atoms with Gasteiger partial charge in [-0.1, -0.05) is 20.3 Å². The topological polar surface area (TPSA) is 46.3 Å². The Morgan fingerprint density at radius 1 is 1.33 bits per heavy atom. The average molecular weight is 210 g/mol. The van der Waals surface area contributed by atoms with Gasteiger partial charge in [-0.25, -0.2) is 0 Å². The second-order valence-electron chi connectivity index (χ2n) is 5.63. The molecule has 1 heterocycles. The van der Waals surface area contributed by atoms with Gasteiger partial charge in [0.25, 0.3) is 0 Å². The molecule has 15 heavy (non-hydrogen) atoms. The third kappa shape index (κ3) is 1.89. The van der Waals surface area contributed by atoms with E-state index in [0.29, 0.717) is 5.41 Å². The van der Waals surface area contributed by atoms with E-state index in [1.165, 1.54) is 25.7 Å². The van der Waals surface area contributed by atoms with Crippen LogP contribution in [0.15, 0.2) is 0 Å². The number of nitrogens with zero attached hydrogens (tertiary/aromatic N) is 1. The van der Waals surface area contributed by atoms with Crippen molar-refractivity contribution < 1.29 is 4.79 Å². The van der Waals surface area contributed by atoms with Crippen molar-refractivity contribution in [1.82, 2.24) is 4.90 Å². The number of amides is 1. The molecule has 3 nitrogen and oxygen atoms in total. The monoisotopic (exact) mass is 210 g/mol. The summed E-state index contributed by atoms with van der Waals surface area (Å²) in [5.74, 6) is 0.407. The van der Waals surface area contributed by atoms with Gasteiger partial charge < -0.3 is 10.6 Å². The standard InChI is InChI=1S/C12H22N2O/c1-9(2)10(13)11(15)14-7-6-12(8-14)4-3-5-12/h9-10H,3-8,13H2,1-2H3. The molecule has 0 bridgehead atoms. The summed E-state index contributed by atoms with van der Waals surface area (Å²) in [6.07, 6.45) is 5.17. The van der Waals surface area contributed by atoms with Crippen LogP contribution in [0.1, 0.15) is 39.5 Å². The lowest BCUT2D eigenvalue weighted by Crippen LogP contribution is -2.46. The number of rotatable bonds is 2. The number of nitrogens with two attached hydrogens (primary N) is 1. The van der Waals surface area contributed by atoms with E-state index in [9.17, 15) is 4.79 Å². The summed E-state index contributed by atoms with van der Waals surface area (Å²) < 4.78 is 0. The summed E-state index contributed by atoms with van der Waals surface area (Å²) in [6, 6.07) is -0.305. The molecule has 3 heteroatoms. The highest BCUT2D eigenvalue weighted by Gasteiger charge is 2.44. The van der Waals surface area contributed by atoms with Crippen LogP contribution in [0, 0.1) is 11.3 Å². The van der Waals surface area contributed by atoms with Gasteiger partial charge in [0.15, 0.2) is 0 Å². The van der Waals surface area contributed by atoms with Crippen LogP contribution < -0.4 is 5.73 Å². The molecular weight excluding hydrogens is 188 g/mol. The van der Waals surface area contributed by atoms with Crippen molar-refractivity contribution in [2.75, 3.05) is 13.1 Å². The first-order chi connectivity index (χ1) is 7.04. The maximum absolute atomic E-state index is 12.0. The molecule has 86 valence electrons. The molecule has 0 aromatic rings. The van der Waals surface area contributed by atoms with E-state index in [4.69, 9.17) is 5.73 Å². The molecule has 1 spiro atoms. The zero-order valence-electron chi connectivity index (χ0n) is 9.83. The summed E-state index contributed by atoms with van der Waals surface area (Å²) in [5, 5.41) is 0. The Bertz CT molecular complexity index is 258. The molecule has 2 aliphatic rings. The summed E-state index contributed by atoms with van der Waals surface area (Å²) >= 11 is 0. The molecule has 1 unspecified atom stereocenters. The van der Waals surface area contributed by atoms with Gasteiger partial charge in [-0.3, -0.25) is 4.79 Å². The summed E-state index contributed by atoms with van der Waals surface area (Å²) in [5.41, 5.74) is 6.39. The van der Waals surface area contributed by atoms with Crippen molar-refractivity contribution in [2.45, 2.75) is 45.6 Å². The van der Waals surface area contributed by atoms with Gasteiger partial charge >= 0.3 is 0 Å². The lowest BCUT2D eigenvalue weighted by Gasteiger charge is -2.38. The van der Waals surface area contributed by atoms with E-state index >= 15 is 0 Å². The predicted molar refractivity (Wildman–Crippen MR) is 60.3 cm³/mol. The second-order valence-corrected chi connectivity index (χ2v) is 5.63. The van der Waals surface area contributed by atoms with Gasteiger partial charge in [-0.05, 0) is 30.6 Å². The van der Waals surface area contributed by atoms with Crippen molar-refractivity contribution in [2.24, 2.45) is 17.1 Å². The largest absolute Gasteiger partial charge is 0.341 e. The van der Waals surface area contributed by atoms with Gasteiger partial charge in [-0.2, -0.15) is 0 Å². The van der Waals surface area contributed by atoms with Crippen LogP contribution in [-0.4, -0.2) is 29.9 Å². The normalized spacial score (nSPS) is 25.7. The third-order valence-corrected chi connectivity index (χ3v) is 4.17. The van der Waals surface area contributed by atoms with Gasteiger partial charge in [0.05, 0.1) is 6.04 Å². The fourth-order valence-electron chi connectivity index (χ4n) is 2.70. The van der Waals surface area contributed by atoms with Crippen molar-refractivity contribution >= 4 is 5.91 Å². The zero-order chi connectivity index (χ0) is 11.1. The van der Waals surface area contributed by atoms with Crippen LogP contribution in [0.2, 0.25) is 0 Å². The van der Waals surface area contributed by atoms with E-state index in [1.54, 1.807) is 0 Å². The Balaban J connectivity index is 1.93. The SMILES string of the molecule is CC(C)C(N)C(=O)N1CCC2(CCC2)C1. The van der Waals surface area contributed by atoms with Crippen molar-refractivity contribution in [3.63, 3.8) is 0 Å². The van der Waals surface area contributed by atoms with Crippen LogP contribution in [0.3, 0.4) is 0 Å². The molecule has 1 saturated carbocycles. The number of carbonyl (C=O) groups excluding carboxylic acids is 1. The van der Waals surface area contributed by atoms with E-state index in [0.717, 1.165) is 13.1 Å². The molecule has 2 fully saturated rings. The maximum atomic E-state index is 12.0. The molecule has 0 aromatic heterocycles.